The number of hydrogen-bond acceptors (Lipinski definition) is 5. The van der Waals surface area contributed by atoms with Gasteiger partial charge in [0.15, 0.2) is 9.84 Å². The number of methoxy groups -OCH3 is 1. The number of carbonyl (C=O) groups excluding carboxylic acids is 1. The Balaban J connectivity index is 2.88. The van der Waals surface area contributed by atoms with Crippen LogP contribution in [0, 0.1) is 5.92 Å². The molecular weight excluding hydrogens is 290 g/mol. The second kappa shape index (κ2) is 7.45. The number of hydrogen-bond donors (Lipinski definition) is 1. The summed E-state index contributed by atoms with van der Waals surface area (Å²) in [5.41, 5.74) is 0.695. The van der Waals surface area contributed by atoms with Crippen LogP contribution >= 0.6 is 0 Å². The van der Waals surface area contributed by atoms with Crippen LogP contribution in [0.25, 0.3) is 0 Å². The fraction of sp³-hybridized carbons (Fsp3) is 0.533. The summed E-state index contributed by atoms with van der Waals surface area (Å²) in [6.07, 6.45) is 0.641. The van der Waals surface area contributed by atoms with Gasteiger partial charge in [-0.15, -0.1) is 0 Å². The van der Waals surface area contributed by atoms with E-state index in [4.69, 9.17) is 4.74 Å². The predicted molar refractivity (Wildman–Crippen MR) is 83.1 cm³/mol. The molecule has 1 aromatic rings. The summed E-state index contributed by atoms with van der Waals surface area (Å²) >= 11 is 0. The third kappa shape index (κ3) is 5.04. The second-order valence-electron chi connectivity index (χ2n) is 5.28. The zero-order valence-electron chi connectivity index (χ0n) is 12.9. The normalized spacial score (nSPS) is 13.0. The largest absolute Gasteiger partial charge is 0.467 e. The first-order valence-corrected chi connectivity index (χ1v) is 8.62. The van der Waals surface area contributed by atoms with E-state index in [1.165, 1.54) is 7.11 Å². The van der Waals surface area contributed by atoms with Crippen molar-refractivity contribution in [3.63, 3.8) is 0 Å². The van der Waals surface area contributed by atoms with Gasteiger partial charge in [0, 0.05) is 5.69 Å². The highest BCUT2D eigenvalue weighted by Crippen LogP contribution is 2.18. The molecule has 0 aliphatic rings. The molecule has 1 aromatic carbocycles. The van der Waals surface area contributed by atoms with Crippen molar-refractivity contribution < 1.29 is 17.9 Å². The van der Waals surface area contributed by atoms with Gasteiger partial charge in [-0.2, -0.15) is 0 Å². The highest BCUT2D eigenvalue weighted by Gasteiger charge is 2.20. The lowest BCUT2D eigenvalue weighted by molar-refractivity contribution is -0.141. The summed E-state index contributed by atoms with van der Waals surface area (Å²) in [5, 5.41) is 3.09. The third-order valence-corrected chi connectivity index (χ3v) is 4.88. The zero-order valence-corrected chi connectivity index (χ0v) is 13.7. The fourth-order valence-electron chi connectivity index (χ4n) is 1.95. The van der Waals surface area contributed by atoms with Crippen molar-refractivity contribution in [2.45, 2.75) is 38.1 Å². The van der Waals surface area contributed by atoms with Crippen LogP contribution in [0.3, 0.4) is 0 Å². The Bertz CT molecular complexity index is 564. The quantitative estimate of drug-likeness (QED) is 0.783. The minimum absolute atomic E-state index is 0.0674. The average Bonchev–Trinajstić information content (AvgIpc) is 2.45. The molecule has 1 unspecified atom stereocenters. The topological polar surface area (TPSA) is 72.5 Å². The molecule has 0 aliphatic heterocycles. The van der Waals surface area contributed by atoms with Gasteiger partial charge in [-0.3, -0.25) is 0 Å². The lowest BCUT2D eigenvalue weighted by Crippen LogP contribution is -2.32. The van der Waals surface area contributed by atoms with E-state index in [1.807, 2.05) is 13.8 Å². The maximum Gasteiger partial charge on any atom is 0.328 e. The van der Waals surface area contributed by atoms with E-state index in [-0.39, 0.29) is 16.6 Å². The van der Waals surface area contributed by atoms with Gasteiger partial charge in [0.25, 0.3) is 0 Å². The number of nitrogens with one attached hydrogen (secondary N) is 1. The van der Waals surface area contributed by atoms with Crippen molar-refractivity contribution in [1.29, 1.82) is 0 Å². The molecule has 0 heterocycles. The fourth-order valence-corrected chi connectivity index (χ4v) is 2.84. The molecule has 21 heavy (non-hydrogen) atoms. The first-order chi connectivity index (χ1) is 9.80. The van der Waals surface area contributed by atoms with E-state index < -0.39 is 15.9 Å². The summed E-state index contributed by atoms with van der Waals surface area (Å²) in [6.45, 7) is 5.65. The lowest BCUT2D eigenvalue weighted by Gasteiger charge is -2.19. The molecule has 0 saturated heterocycles. The zero-order chi connectivity index (χ0) is 16.0. The number of rotatable bonds is 7. The van der Waals surface area contributed by atoms with E-state index in [0.717, 1.165) is 0 Å². The van der Waals surface area contributed by atoms with Crippen LogP contribution in [-0.2, 0) is 19.4 Å². The Morgan fingerprint density at radius 1 is 1.24 bits per heavy atom. The number of anilines is 1. The Labute approximate surface area is 126 Å². The van der Waals surface area contributed by atoms with E-state index in [9.17, 15) is 13.2 Å². The number of benzene rings is 1. The molecule has 1 rings (SSSR count). The first-order valence-electron chi connectivity index (χ1n) is 6.97. The Kier molecular flexibility index (Phi) is 6.20. The average molecular weight is 313 g/mol. The molecule has 0 aromatic heterocycles. The molecule has 5 nitrogen and oxygen atoms in total. The highest BCUT2D eigenvalue weighted by molar-refractivity contribution is 7.91. The van der Waals surface area contributed by atoms with Gasteiger partial charge in [-0.05, 0) is 36.6 Å². The molecule has 0 radical (unpaired) electrons. The predicted octanol–water partition coefficient (Wildman–Crippen LogP) is 2.48. The van der Waals surface area contributed by atoms with Crippen LogP contribution in [-0.4, -0.2) is 33.3 Å². The smallest absolute Gasteiger partial charge is 0.328 e. The molecule has 0 amide bonds. The molecule has 0 bridgehead atoms. The van der Waals surface area contributed by atoms with Gasteiger partial charge in [0.2, 0.25) is 0 Å². The number of sulfone groups is 1. The SMILES string of the molecule is CCS(=O)(=O)c1ccc(NC(CC(C)C)C(=O)OC)cc1. The van der Waals surface area contributed by atoms with E-state index in [2.05, 4.69) is 5.32 Å². The van der Waals surface area contributed by atoms with Crippen molar-refractivity contribution in [2.75, 3.05) is 18.2 Å². The van der Waals surface area contributed by atoms with Gasteiger partial charge >= 0.3 is 5.97 Å². The summed E-state index contributed by atoms with van der Waals surface area (Å²) < 4.78 is 28.3. The van der Waals surface area contributed by atoms with Crippen LogP contribution in [0.1, 0.15) is 27.2 Å². The van der Waals surface area contributed by atoms with Gasteiger partial charge < -0.3 is 10.1 Å². The molecule has 118 valence electrons. The number of ether oxygens (including phenoxy) is 1. The van der Waals surface area contributed by atoms with Crippen LogP contribution in [0.2, 0.25) is 0 Å². The van der Waals surface area contributed by atoms with Crippen molar-refractivity contribution in [2.24, 2.45) is 5.92 Å². The molecule has 1 N–H and O–H groups in total. The Morgan fingerprint density at radius 3 is 2.24 bits per heavy atom. The molecule has 1 atom stereocenters. The van der Waals surface area contributed by atoms with Crippen LogP contribution in [0.4, 0.5) is 5.69 Å². The van der Waals surface area contributed by atoms with Crippen molar-refractivity contribution in [1.82, 2.24) is 0 Å². The van der Waals surface area contributed by atoms with Crippen molar-refractivity contribution in [3.8, 4) is 0 Å². The van der Waals surface area contributed by atoms with E-state index in [1.54, 1.807) is 31.2 Å². The molecule has 0 aliphatic carbocycles. The van der Waals surface area contributed by atoms with Crippen LogP contribution < -0.4 is 5.32 Å². The third-order valence-electron chi connectivity index (χ3n) is 3.13. The minimum atomic E-state index is -3.20. The maximum absolute atomic E-state index is 11.7. The Morgan fingerprint density at radius 2 is 1.81 bits per heavy atom. The lowest BCUT2D eigenvalue weighted by atomic mass is 10.0. The van der Waals surface area contributed by atoms with Gasteiger partial charge in [0.1, 0.15) is 6.04 Å². The van der Waals surface area contributed by atoms with Crippen LogP contribution in [0.15, 0.2) is 29.2 Å². The Hall–Kier alpha value is -1.56. The van der Waals surface area contributed by atoms with Gasteiger partial charge in [0.05, 0.1) is 17.8 Å². The van der Waals surface area contributed by atoms with E-state index >= 15 is 0 Å². The summed E-state index contributed by atoms with van der Waals surface area (Å²) in [6, 6.07) is 5.98. The standard InChI is InChI=1S/C15H23NO4S/c1-5-21(18,19)13-8-6-12(7-9-13)16-14(10-11(2)3)15(17)20-4/h6-9,11,14,16H,5,10H2,1-4H3. The highest BCUT2D eigenvalue weighted by atomic mass is 32.2. The summed E-state index contributed by atoms with van der Waals surface area (Å²) in [5.74, 6) is 0.0769. The summed E-state index contributed by atoms with van der Waals surface area (Å²) in [4.78, 5) is 12.0. The first kappa shape index (κ1) is 17.5. The molecule has 0 spiro atoms. The molecule has 6 heteroatoms. The summed E-state index contributed by atoms with van der Waals surface area (Å²) in [7, 11) is -1.85. The van der Waals surface area contributed by atoms with Crippen LogP contribution in [0.5, 0.6) is 0 Å². The van der Waals surface area contributed by atoms with Gasteiger partial charge in [-0.1, -0.05) is 20.8 Å². The minimum Gasteiger partial charge on any atom is -0.467 e. The monoisotopic (exact) mass is 313 g/mol. The van der Waals surface area contributed by atoms with E-state index in [0.29, 0.717) is 18.0 Å². The second-order valence-corrected chi connectivity index (χ2v) is 7.56. The molecule has 0 fully saturated rings. The van der Waals surface area contributed by atoms with Crippen molar-refractivity contribution >= 4 is 21.5 Å². The number of esters is 1. The maximum atomic E-state index is 11.7. The number of carbonyl (C=O) groups is 1. The van der Waals surface area contributed by atoms with Crippen molar-refractivity contribution in [3.05, 3.63) is 24.3 Å². The van der Waals surface area contributed by atoms with Gasteiger partial charge in [-0.25, -0.2) is 13.2 Å². The molecule has 0 saturated carbocycles. The molecular formula is C15H23NO4S.